The van der Waals surface area contributed by atoms with E-state index in [2.05, 4.69) is 0 Å². The molecule has 1 saturated carbocycles. The summed E-state index contributed by atoms with van der Waals surface area (Å²) < 4.78 is 10.8. The lowest BCUT2D eigenvalue weighted by Crippen LogP contribution is -2.43. The van der Waals surface area contributed by atoms with Crippen molar-refractivity contribution in [3.63, 3.8) is 0 Å². The van der Waals surface area contributed by atoms with Gasteiger partial charge >= 0.3 is 0 Å². The molecule has 1 aromatic heterocycles. The molecule has 3 aromatic rings. The van der Waals surface area contributed by atoms with Gasteiger partial charge in [-0.2, -0.15) is 0 Å². The van der Waals surface area contributed by atoms with Gasteiger partial charge in [-0.15, -0.1) is 11.3 Å². The lowest BCUT2D eigenvalue weighted by atomic mass is 10.1. The van der Waals surface area contributed by atoms with Crippen LogP contribution in [-0.2, 0) is 17.9 Å². The molecular formula is C26H26N2O4S. The number of hydrogen-bond acceptors (Lipinski definition) is 5. The molecule has 2 aromatic carbocycles. The van der Waals surface area contributed by atoms with Gasteiger partial charge in [0.1, 0.15) is 6.54 Å². The number of carbonyl (C=O) groups is 2. The SMILES string of the molecule is O=C(CN(CC1CC1)C(=O)c1ccc2c(c1)OCO2)N(Cc1ccccc1)Cc1cccs1. The fourth-order valence-corrected chi connectivity index (χ4v) is 4.65. The minimum Gasteiger partial charge on any atom is -0.454 e. The Hall–Kier alpha value is -3.32. The summed E-state index contributed by atoms with van der Waals surface area (Å²) in [5, 5.41) is 2.02. The average molecular weight is 463 g/mol. The number of benzene rings is 2. The topological polar surface area (TPSA) is 59.1 Å². The molecule has 2 heterocycles. The van der Waals surface area contributed by atoms with E-state index in [1.165, 1.54) is 0 Å². The second-order valence-corrected chi connectivity index (χ2v) is 9.54. The van der Waals surface area contributed by atoms with Gasteiger partial charge in [0.15, 0.2) is 11.5 Å². The molecule has 170 valence electrons. The van der Waals surface area contributed by atoms with E-state index in [-0.39, 0.29) is 25.2 Å². The van der Waals surface area contributed by atoms with Gasteiger partial charge < -0.3 is 19.3 Å². The molecule has 5 rings (SSSR count). The highest BCUT2D eigenvalue weighted by molar-refractivity contribution is 7.09. The molecule has 6 nitrogen and oxygen atoms in total. The standard InChI is InChI=1S/C26H26N2O4S/c29-25(27(16-22-7-4-12-33-22)14-19-5-2-1-3-6-19)17-28(15-20-8-9-20)26(30)21-10-11-23-24(13-21)32-18-31-23/h1-7,10-13,20H,8-9,14-18H2. The Bertz CT molecular complexity index is 1110. The fourth-order valence-electron chi connectivity index (χ4n) is 3.93. The van der Waals surface area contributed by atoms with Crippen LogP contribution in [0.4, 0.5) is 0 Å². The molecule has 0 spiro atoms. The Morgan fingerprint density at radius 1 is 0.909 bits per heavy atom. The molecule has 0 bridgehead atoms. The van der Waals surface area contributed by atoms with Crippen LogP contribution in [0, 0.1) is 5.92 Å². The van der Waals surface area contributed by atoms with Crippen LogP contribution in [0.5, 0.6) is 11.5 Å². The summed E-state index contributed by atoms with van der Waals surface area (Å²) >= 11 is 1.63. The summed E-state index contributed by atoms with van der Waals surface area (Å²) in [4.78, 5) is 31.6. The van der Waals surface area contributed by atoms with Crippen molar-refractivity contribution in [1.29, 1.82) is 0 Å². The molecule has 33 heavy (non-hydrogen) atoms. The zero-order valence-corrected chi connectivity index (χ0v) is 19.1. The van der Waals surface area contributed by atoms with Crippen LogP contribution in [0.3, 0.4) is 0 Å². The van der Waals surface area contributed by atoms with Crippen LogP contribution in [0.25, 0.3) is 0 Å². The summed E-state index contributed by atoms with van der Waals surface area (Å²) in [5.74, 6) is 1.48. The number of thiophene rings is 1. The highest BCUT2D eigenvalue weighted by atomic mass is 32.1. The monoisotopic (exact) mass is 462 g/mol. The minimum atomic E-state index is -0.149. The van der Waals surface area contributed by atoms with Gasteiger partial charge in [-0.3, -0.25) is 9.59 Å². The van der Waals surface area contributed by atoms with Gasteiger partial charge in [0.25, 0.3) is 5.91 Å². The smallest absolute Gasteiger partial charge is 0.254 e. The predicted molar refractivity (Wildman–Crippen MR) is 126 cm³/mol. The molecule has 2 amide bonds. The molecule has 1 aliphatic carbocycles. The van der Waals surface area contributed by atoms with E-state index in [4.69, 9.17) is 9.47 Å². The van der Waals surface area contributed by atoms with Gasteiger partial charge in [0.2, 0.25) is 12.7 Å². The van der Waals surface area contributed by atoms with E-state index >= 15 is 0 Å². The molecular weight excluding hydrogens is 436 g/mol. The Labute approximate surface area is 197 Å². The molecule has 0 atom stereocenters. The maximum atomic E-state index is 13.5. The first-order valence-corrected chi connectivity index (χ1v) is 12.1. The van der Waals surface area contributed by atoms with Gasteiger partial charge in [0.05, 0.1) is 6.54 Å². The van der Waals surface area contributed by atoms with Crippen molar-refractivity contribution in [1.82, 2.24) is 9.80 Å². The van der Waals surface area contributed by atoms with Gasteiger partial charge in [-0.1, -0.05) is 36.4 Å². The first-order chi connectivity index (χ1) is 16.2. The van der Waals surface area contributed by atoms with E-state index in [1.807, 2.05) is 52.7 Å². The summed E-state index contributed by atoms with van der Waals surface area (Å²) in [7, 11) is 0. The van der Waals surface area contributed by atoms with Crippen molar-refractivity contribution >= 4 is 23.2 Å². The number of ether oxygens (including phenoxy) is 2. The van der Waals surface area contributed by atoms with Crippen molar-refractivity contribution in [3.05, 3.63) is 82.0 Å². The number of nitrogens with zero attached hydrogens (tertiary/aromatic N) is 2. The molecule has 0 saturated heterocycles. The van der Waals surface area contributed by atoms with Gasteiger partial charge in [0, 0.05) is 23.5 Å². The van der Waals surface area contributed by atoms with Crippen LogP contribution in [0.1, 0.15) is 33.6 Å². The lowest BCUT2D eigenvalue weighted by molar-refractivity contribution is -0.133. The van der Waals surface area contributed by atoms with Crippen LogP contribution < -0.4 is 9.47 Å². The largest absolute Gasteiger partial charge is 0.454 e. The van der Waals surface area contributed by atoms with Crippen molar-refractivity contribution in [2.75, 3.05) is 19.9 Å². The average Bonchev–Trinajstić information content (AvgIpc) is 3.29. The molecule has 0 unspecified atom stereocenters. The van der Waals surface area contributed by atoms with Crippen molar-refractivity contribution in [3.8, 4) is 11.5 Å². The fraction of sp³-hybridized carbons (Fsp3) is 0.308. The number of rotatable bonds is 9. The number of hydrogen-bond donors (Lipinski definition) is 0. The third-order valence-electron chi connectivity index (χ3n) is 5.90. The predicted octanol–water partition coefficient (Wildman–Crippen LogP) is 4.56. The molecule has 1 fully saturated rings. The van der Waals surface area contributed by atoms with E-state index in [1.54, 1.807) is 34.4 Å². The Morgan fingerprint density at radius 3 is 2.48 bits per heavy atom. The van der Waals surface area contributed by atoms with Crippen LogP contribution >= 0.6 is 11.3 Å². The number of fused-ring (bicyclic) bond motifs is 1. The highest BCUT2D eigenvalue weighted by Gasteiger charge is 2.30. The number of amides is 2. The molecule has 0 N–H and O–H groups in total. The molecule has 1 aliphatic heterocycles. The van der Waals surface area contributed by atoms with E-state index in [9.17, 15) is 9.59 Å². The van der Waals surface area contributed by atoms with Crippen LogP contribution in [0.2, 0.25) is 0 Å². The zero-order chi connectivity index (χ0) is 22.6. The molecule has 0 radical (unpaired) electrons. The summed E-state index contributed by atoms with van der Waals surface area (Å²) in [6.07, 6.45) is 2.20. The quantitative estimate of drug-likeness (QED) is 0.468. The Kier molecular flexibility index (Phi) is 6.30. The lowest BCUT2D eigenvalue weighted by Gasteiger charge is -2.28. The van der Waals surface area contributed by atoms with Crippen LogP contribution in [-0.4, -0.2) is 41.5 Å². The van der Waals surface area contributed by atoms with E-state index in [0.29, 0.717) is 42.6 Å². The van der Waals surface area contributed by atoms with E-state index < -0.39 is 0 Å². The maximum absolute atomic E-state index is 13.5. The number of carbonyl (C=O) groups excluding carboxylic acids is 2. The zero-order valence-electron chi connectivity index (χ0n) is 18.3. The molecule has 7 heteroatoms. The Balaban J connectivity index is 1.34. The second-order valence-electron chi connectivity index (χ2n) is 8.51. The third-order valence-corrected chi connectivity index (χ3v) is 6.77. The summed E-state index contributed by atoms with van der Waals surface area (Å²) in [5.41, 5.74) is 1.58. The maximum Gasteiger partial charge on any atom is 0.254 e. The van der Waals surface area contributed by atoms with E-state index in [0.717, 1.165) is 23.3 Å². The Morgan fingerprint density at radius 2 is 1.73 bits per heavy atom. The summed E-state index contributed by atoms with van der Waals surface area (Å²) in [6, 6.07) is 19.2. The first kappa shape index (κ1) is 21.5. The van der Waals surface area contributed by atoms with Crippen molar-refractivity contribution in [2.24, 2.45) is 5.92 Å². The van der Waals surface area contributed by atoms with Gasteiger partial charge in [-0.05, 0) is 54.0 Å². The highest BCUT2D eigenvalue weighted by Crippen LogP contribution is 2.34. The first-order valence-electron chi connectivity index (χ1n) is 11.2. The van der Waals surface area contributed by atoms with Crippen molar-refractivity contribution < 1.29 is 19.1 Å². The van der Waals surface area contributed by atoms with Crippen molar-refractivity contribution in [2.45, 2.75) is 25.9 Å². The second kappa shape index (κ2) is 9.67. The van der Waals surface area contributed by atoms with Crippen LogP contribution in [0.15, 0.2) is 66.0 Å². The molecule has 2 aliphatic rings. The van der Waals surface area contributed by atoms with Gasteiger partial charge in [-0.25, -0.2) is 0 Å². The minimum absolute atomic E-state index is 0.0537. The normalized spacial score (nSPS) is 14.2. The summed E-state index contributed by atoms with van der Waals surface area (Å²) in [6.45, 7) is 1.85. The third kappa shape index (κ3) is 5.37.